The minimum Gasteiger partial charge on any atom is -0.507 e. The van der Waals surface area contributed by atoms with Gasteiger partial charge in [0.25, 0.3) is 0 Å². The number of benzene rings is 2. The van der Waals surface area contributed by atoms with Crippen molar-refractivity contribution in [3.8, 4) is 28.4 Å². The highest BCUT2D eigenvalue weighted by Crippen LogP contribution is 2.42. The normalized spacial score (nSPS) is 10.3. The molecular weight excluding hydrogens is 312 g/mol. The molecule has 6 heteroatoms. The van der Waals surface area contributed by atoms with Crippen LogP contribution in [0.1, 0.15) is 18.1 Å². The number of carbonyl (C=O) groups is 1. The summed E-state index contributed by atoms with van der Waals surface area (Å²) in [4.78, 5) is 11.0. The molecule has 0 aliphatic carbocycles. The van der Waals surface area contributed by atoms with Crippen LogP contribution in [0.4, 0.5) is 0 Å². The maximum atomic E-state index is 11.0. The first-order valence-electron chi connectivity index (χ1n) is 7.32. The Bertz CT molecular complexity index is 721. The summed E-state index contributed by atoms with van der Waals surface area (Å²) in [7, 11) is 3.03. The Balaban J connectivity index is 2.56. The van der Waals surface area contributed by atoms with Crippen molar-refractivity contribution in [2.75, 3.05) is 14.2 Å². The predicted octanol–water partition coefficient (Wildman–Crippen LogP) is 2.63. The van der Waals surface area contributed by atoms with Crippen molar-refractivity contribution in [3.05, 3.63) is 41.5 Å². The van der Waals surface area contributed by atoms with Gasteiger partial charge in [-0.1, -0.05) is 12.1 Å². The van der Waals surface area contributed by atoms with Crippen LogP contribution in [0.5, 0.6) is 17.2 Å². The molecule has 0 fully saturated rings. The Kier molecular flexibility index (Phi) is 5.65. The molecule has 0 aromatic heterocycles. The fourth-order valence-corrected chi connectivity index (χ4v) is 2.48. The van der Waals surface area contributed by atoms with Crippen molar-refractivity contribution in [1.29, 1.82) is 0 Å². The maximum Gasteiger partial charge on any atom is 0.302 e. The van der Waals surface area contributed by atoms with E-state index in [2.05, 4.69) is 0 Å². The van der Waals surface area contributed by atoms with E-state index >= 15 is 0 Å². The van der Waals surface area contributed by atoms with E-state index in [4.69, 9.17) is 14.2 Å². The molecule has 0 aliphatic heterocycles. The van der Waals surface area contributed by atoms with Crippen LogP contribution in [0.3, 0.4) is 0 Å². The summed E-state index contributed by atoms with van der Waals surface area (Å²) in [5, 5.41) is 20.2. The van der Waals surface area contributed by atoms with Gasteiger partial charge in [-0.15, -0.1) is 0 Å². The van der Waals surface area contributed by atoms with E-state index in [1.807, 2.05) is 0 Å². The zero-order valence-electron chi connectivity index (χ0n) is 13.8. The lowest BCUT2D eigenvalue weighted by molar-refractivity contribution is -0.142. The van der Waals surface area contributed by atoms with E-state index in [0.29, 0.717) is 33.8 Å². The van der Waals surface area contributed by atoms with Crippen molar-refractivity contribution in [3.63, 3.8) is 0 Å². The van der Waals surface area contributed by atoms with Crippen LogP contribution in [0.2, 0.25) is 0 Å². The van der Waals surface area contributed by atoms with Gasteiger partial charge in [-0.2, -0.15) is 0 Å². The Morgan fingerprint density at radius 3 is 2.29 bits per heavy atom. The summed E-state index contributed by atoms with van der Waals surface area (Å²) in [6.07, 6.45) is 0. The van der Waals surface area contributed by atoms with Crippen LogP contribution in [-0.4, -0.2) is 30.4 Å². The second-order valence-corrected chi connectivity index (χ2v) is 5.11. The molecule has 128 valence electrons. The largest absolute Gasteiger partial charge is 0.507 e. The fourth-order valence-electron chi connectivity index (χ4n) is 2.48. The number of rotatable bonds is 6. The van der Waals surface area contributed by atoms with Gasteiger partial charge in [-0.05, 0) is 23.8 Å². The SMILES string of the molecule is COc1ccc(-c2c(O)cc(COC(C)=O)c(CO)c2OC)cc1. The minimum absolute atomic E-state index is 0.0311. The molecule has 0 heterocycles. The monoisotopic (exact) mass is 332 g/mol. The number of methoxy groups -OCH3 is 2. The highest BCUT2D eigenvalue weighted by Gasteiger charge is 2.20. The van der Waals surface area contributed by atoms with Crippen LogP contribution in [-0.2, 0) is 22.7 Å². The predicted molar refractivity (Wildman–Crippen MR) is 88.0 cm³/mol. The number of hydrogen-bond donors (Lipinski definition) is 2. The number of phenolic OH excluding ortho intramolecular Hbond substituents is 1. The van der Waals surface area contributed by atoms with Crippen LogP contribution < -0.4 is 9.47 Å². The van der Waals surface area contributed by atoms with Crippen molar-refractivity contribution in [2.45, 2.75) is 20.1 Å². The van der Waals surface area contributed by atoms with Crippen LogP contribution >= 0.6 is 0 Å². The topological polar surface area (TPSA) is 85.2 Å². The second-order valence-electron chi connectivity index (χ2n) is 5.11. The third-order valence-corrected chi connectivity index (χ3v) is 3.63. The summed E-state index contributed by atoms with van der Waals surface area (Å²) in [6.45, 7) is 0.919. The molecule has 0 radical (unpaired) electrons. The van der Waals surface area contributed by atoms with Gasteiger partial charge < -0.3 is 24.4 Å². The molecule has 2 aromatic rings. The molecule has 0 spiro atoms. The number of aliphatic hydroxyl groups excluding tert-OH is 1. The number of carbonyl (C=O) groups excluding carboxylic acids is 1. The molecule has 6 nitrogen and oxygen atoms in total. The van der Waals surface area contributed by atoms with Crippen molar-refractivity contribution in [1.82, 2.24) is 0 Å². The fraction of sp³-hybridized carbons (Fsp3) is 0.278. The van der Waals surface area contributed by atoms with E-state index in [1.165, 1.54) is 20.1 Å². The molecule has 0 bridgehead atoms. The Morgan fingerprint density at radius 1 is 1.12 bits per heavy atom. The molecule has 24 heavy (non-hydrogen) atoms. The third kappa shape index (κ3) is 3.60. The van der Waals surface area contributed by atoms with E-state index < -0.39 is 5.97 Å². The lowest BCUT2D eigenvalue weighted by Crippen LogP contribution is -2.05. The van der Waals surface area contributed by atoms with Gasteiger partial charge in [-0.3, -0.25) is 4.79 Å². The number of ether oxygens (including phenoxy) is 3. The number of esters is 1. The molecule has 0 amide bonds. The first kappa shape index (κ1) is 17.6. The van der Waals surface area contributed by atoms with Crippen molar-refractivity contribution < 1.29 is 29.2 Å². The molecule has 0 saturated carbocycles. The molecule has 0 saturated heterocycles. The van der Waals surface area contributed by atoms with Gasteiger partial charge in [0.2, 0.25) is 0 Å². The summed E-state index contributed by atoms with van der Waals surface area (Å²) < 4.78 is 15.5. The zero-order chi connectivity index (χ0) is 17.7. The number of phenols is 1. The van der Waals surface area contributed by atoms with E-state index in [-0.39, 0.29) is 19.0 Å². The number of hydrogen-bond acceptors (Lipinski definition) is 6. The maximum absolute atomic E-state index is 11.0. The van der Waals surface area contributed by atoms with Gasteiger partial charge >= 0.3 is 5.97 Å². The Morgan fingerprint density at radius 2 is 1.79 bits per heavy atom. The highest BCUT2D eigenvalue weighted by molar-refractivity contribution is 5.79. The number of aromatic hydroxyl groups is 1. The van der Waals surface area contributed by atoms with Crippen LogP contribution in [0, 0.1) is 0 Å². The smallest absolute Gasteiger partial charge is 0.302 e. The van der Waals surface area contributed by atoms with Crippen LogP contribution in [0.25, 0.3) is 11.1 Å². The van der Waals surface area contributed by atoms with Gasteiger partial charge in [0.05, 0.1) is 26.4 Å². The second kappa shape index (κ2) is 7.70. The van der Waals surface area contributed by atoms with E-state index in [1.54, 1.807) is 31.4 Å². The zero-order valence-corrected chi connectivity index (χ0v) is 13.8. The quantitative estimate of drug-likeness (QED) is 0.791. The van der Waals surface area contributed by atoms with Crippen LogP contribution in [0.15, 0.2) is 30.3 Å². The average Bonchev–Trinajstić information content (AvgIpc) is 2.59. The molecule has 2 aromatic carbocycles. The lowest BCUT2D eigenvalue weighted by Gasteiger charge is -2.18. The summed E-state index contributed by atoms with van der Waals surface area (Å²) in [5.41, 5.74) is 2.11. The molecule has 0 aliphatic rings. The van der Waals surface area contributed by atoms with Crippen molar-refractivity contribution >= 4 is 5.97 Å². The average molecular weight is 332 g/mol. The molecule has 0 unspecified atom stereocenters. The first-order chi connectivity index (χ1) is 11.5. The Labute approximate surface area is 140 Å². The summed E-state index contributed by atoms with van der Waals surface area (Å²) in [5.74, 6) is 0.545. The van der Waals surface area contributed by atoms with Gasteiger partial charge in [0, 0.05) is 18.1 Å². The van der Waals surface area contributed by atoms with Gasteiger partial charge in [0.15, 0.2) is 0 Å². The minimum atomic E-state index is -0.448. The molecular formula is C18H20O6. The van der Waals surface area contributed by atoms with Crippen molar-refractivity contribution in [2.24, 2.45) is 0 Å². The molecule has 2 N–H and O–H groups in total. The number of aliphatic hydroxyl groups is 1. The summed E-state index contributed by atoms with van der Waals surface area (Å²) >= 11 is 0. The first-order valence-corrected chi connectivity index (χ1v) is 7.32. The van der Waals surface area contributed by atoms with E-state index in [9.17, 15) is 15.0 Å². The molecule has 0 atom stereocenters. The highest BCUT2D eigenvalue weighted by atomic mass is 16.5. The molecule has 2 rings (SSSR count). The standard InChI is InChI=1S/C18H20O6/c1-11(20)24-10-13-8-16(21)17(18(23-3)15(13)9-19)12-4-6-14(22-2)7-5-12/h4-8,19,21H,9-10H2,1-3H3. The summed E-state index contributed by atoms with van der Waals surface area (Å²) in [6, 6.07) is 8.56. The van der Waals surface area contributed by atoms with Gasteiger partial charge in [0.1, 0.15) is 23.9 Å². The van der Waals surface area contributed by atoms with E-state index in [0.717, 1.165) is 0 Å². The third-order valence-electron chi connectivity index (χ3n) is 3.63. The van der Waals surface area contributed by atoms with Gasteiger partial charge in [-0.25, -0.2) is 0 Å². The Hall–Kier alpha value is -2.73. The lowest BCUT2D eigenvalue weighted by atomic mass is 9.96.